The summed E-state index contributed by atoms with van der Waals surface area (Å²) in [5, 5.41) is 11.8. The number of hydrogen-bond donors (Lipinski definition) is 2. The zero-order valence-corrected chi connectivity index (χ0v) is 10.5. The average molecular weight is 260 g/mol. The Morgan fingerprint density at radius 3 is 2.74 bits per heavy atom. The Bertz CT molecular complexity index is 485. The van der Waals surface area contributed by atoms with Crippen LogP contribution in [0, 0.1) is 0 Å². The molecule has 0 spiro atoms. The Labute approximate surface area is 111 Å². The number of amides is 1. The van der Waals surface area contributed by atoms with Gasteiger partial charge in [0.2, 0.25) is 5.91 Å². The van der Waals surface area contributed by atoms with Gasteiger partial charge in [-0.05, 0) is 11.6 Å². The van der Waals surface area contributed by atoms with Gasteiger partial charge in [-0.25, -0.2) is 0 Å². The van der Waals surface area contributed by atoms with Gasteiger partial charge in [0.05, 0.1) is 0 Å². The van der Waals surface area contributed by atoms with Gasteiger partial charge in [-0.1, -0.05) is 30.3 Å². The van der Waals surface area contributed by atoms with Crippen molar-refractivity contribution in [3.8, 4) is 0 Å². The van der Waals surface area contributed by atoms with E-state index >= 15 is 0 Å². The van der Waals surface area contributed by atoms with Crippen molar-refractivity contribution < 1.29 is 14.7 Å². The third kappa shape index (κ3) is 3.66. The fraction of sp³-hybridized carbons (Fsp3) is 0.286. The SMILES string of the molecule is O=C(O)C1CN(C(=O)C=Cc2ccccc2)CCN1. The molecule has 1 heterocycles. The molecule has 1 saturated heterocycles. The van der Waals surface area contributed by atoms with Crippen LogP contribution in [0.1, 0.15) is 5.56 Å². The second kappa shape index (κ2) is 6.15. The molecule has 1 fully saturated rings. The highest BCUT2D eigenvalue weighted by molar-refractivity contribution is 5.92. The van der Waals surface area contributed by atoms with E-state index in [-0.39, 0.29) is 12.5 Å². The molecule has 1 atom stereocenters. The molecule has 0 aromatic heterocycles. The van der Waals surface area contributed by atoms with E-state index in [1.54, 1.807) is 11.0 Å². The van der Waals surface area contributed by atoms with Crippen LogP contribution in [-0.4, -0.2) is 47.6 Å². The molecule has 1 unspecified atom stereocenters. The number of carbonyl (C=O) groups is 2. The molecule has 5 nitrogen and oxygen atoms in total. The molecule has 0 radical (unpaired) electrons. The van der Waals surface area contributed by atoms with Gasteiger partial charge in [-0.3, -0.25) is 9.59 Å². The summed E-state index contributed by atoms with van der Waals surface area (Å²) in [7, 11) is 0. The number of carboxylic acid groups (broad SMARTS) is 1. The second-order valence-corrected chi connectivity index (χ2v) is 4.37. The number of aliphatic carboxylic acids is 1. The third-order valence-corrected chi connectivity index (χ3v) is 3.00. The Morgan fingerprint density at radius 2 is 2.05 bits per heavy atom. The number of carbonyl (C=O) groups excluding carboxylic acids is 1. The summed E-state index contributed by atoms with van der Waals surface area (Å²) in [6.45, 7) is 1.23. The van der Waals surface area contributed by atoms with Crippen LogP contribution in [0.4, 0.5) is 0 Å². The minimum atomic E-state index is -0.926. The predicted octanol–water partition coefficient (Wildman–Crippen LogP) is 0.585. The van der Waals surface area contributed by atoms with Gasteiger partial charge in [-0.2, -0.15) is 0 Å². The summed E-state index contributed by atoms with van der Waals surface area (Å²) in [5.41, 5.74) is 0.945. The molecule has 5 heteroatoms. The van der Waals surface area contributed by atoms with Crippen LogP contribution in [0.3, 0.4) is 0 Å². The maximum absolute atomic E-state index is 12.0. The summed E-state index contributed by atoms with van der Waals surface area (Å²) in [6, 6.07) is 8.84. The highest BCUT2D eigenvalue weighted by Crippen LogP contribution is 2.04. The van der Waals surface area contributed by atoms with Gasteiger partial charge in [0.15, 0.2) is 0 Å². The first-order valence-electron chi connectivity index (χ1n) is 6.15. The fourth-order valence-corrected chi connectivity index (χ4v) is 1.95. The number of nitrogens with zero attached hydrogens (tertiary/aromatic N) is 1. The van der Waals surface area contributed by atoms with E-state index in [4.69, 9.17) is 5.11 Å². The summed E-state index contributed by atoms with van der Waals surface area (Å²) in [4.78, 5) is 24.4. The average Bonchev–Trinajstić information content (AvgIpc) is 2.46. The summed E-state index contributed by atoms with van der Waals surface area (Å²) >= 11 is 0. The van der Waals surface area contributed by atoms with Crippen LogP contribution >= 0.6 is 0 Å². The van der Waals surface area contributed by atoms with Crippen molar-refractivity contribution in [2.24, 2.45) is 0 Å². The van der Waals surface area contributed by atoms with Crippen LogP contribution in [0.15, 0.2) is 36.4 Å². The van der Waals surface area contributed by atoms with Gasteiger partial charge in [-0.15, -0.1) is 0 Å². The van der Waals surface area contributed by atoms with E-state index in [0.717, 1.165) is 5.56 Å². The molecule has 1 aromatic rings. The second-order valence-electron chi connectivity index (χ2n) is 4.37. The monoisotopic (exact) mass is 260 g/mol. The van der Waals surface area contributed by atoms with E-state index in [9.17, 15) is 9.59 Å². The lowest BCUT2D eigenvalue weighted by atomic mass is 10.2. The van der Waals surface area contributed by atoms with Crippen molar-refractivity contribution >= 4 is 18.0 Å². The van der Waals surface area contributed by atoms with Crippen molar-refractivity contribution in [3.05, 3.63) is 42.0 Å². The highest BCUT2D eigenvalue weighted by Gasteiger charge is 2.26. The minimum absolute atomic E-state index is 0.156. The molecule has 1 aliphatic heterocycles. The largest absolute Gasteiger partial charge is 0.480 e. The molecule has 2 N–H and O–H groups in total. The lowest BCUT2D eigenvalue weighted by molar-refractivity contribution is -0.141. The van der Waals surface area contributed by atoms with E-state index in [1.165, 1.54) is 6.08 Å². The van der Waals surface area contributed by atoms with E-state index < -0.39 is 12.0 Å². The fourth-order valence-electron chi connectivity index (χ4n) is 1.95. The first-order valence-corrected chi connectivity index (χ1v) is 6.15. The number of rotatable bonds is 3. The molecule has 19 heavy (non-hydrogen) atoms. The number of piperazine rings is 1. The van der Waals surface area contributed by atoms with Gasteiger partial charge < -0.3 is 15.3 Å². The number of nitrogens with one attached hydrogen (secondary N) is 1. The minimum Gasteiger partial charge on any atom is -0.480 e. The normalized spacial score (nSPS) is 19.6. The third-order valence-electron chi connectivity index (χ3n) is 3.00. The van der Waals surface area contributed by atoms with Gasteiger partial charge in [0.1, 0.15) is 6.04 Å². The molecule has 1 aromatic carbocycles. The van der Waals surface area contributed by atoms with Crippen LogP contribution < -0.4 is 5.32 Å². The first kappa shape index (κ1) is 13.3. The lowest BCUT2D eigenvalue weighted by Crippen LogP contribution is -2.55. The predicted molar refractivity (Wildman–Crippen MR) is 71.5 cm³/mol. The smallest absolute Gasteiger partial charge is 0.322 e. The highest BCUT2D eigenvalue weighted by atomic mass is 16.4. The molecule has 2 rings (SSSR count). The molecule has 0 saturated carbocycles. The summed E-state index contributed by atoms with van der Waals surface area (Å²) in [5.74, 6) is -1.08. The zero-order chi connectivity index (χ0) is 13.7. The Balaban J connectivity index is 1.96. The maximum Gasteiger partial charge on any atom is 0.322 e. The van der Waals surface area contributed by atoms with E-state index in [0.29, 0.717) is 13.1 Å². The molecule has 100 valence electrons. The summed E-state index contributed by atoms with van der Waals surface area (Å²) in [6.07, 6.45) is 3.22. The molecule has 1 amide bonds. The molecule has 0 aliphatic carbocycles. The van der Waals surface area contributed by atoms with Gasteiger partial charge >= 0.3 is 5.97 Å². The van der Waals surface area contributed by atoms with Crippen molar-refractivity contribution in [1.29, 1.82) is 0 Å². The van der Waals surface area contributed by atoms with E-state index in [2.05, 4.69) is 5.32 Å². The Hall–Kier alpha value is -2.14. The topological polar surface area (TPSA) is 69.6 Å². The maximum atomic E-state index is 12.0. The zero-order valence-electron chi connectivity index (χ0n) is 10.5. The van der Waals surface area contributed by atoms with Crippen molar-refractivity contribution in [1.82, 2.24) is 10.2 Å². The molecule has 0 bridgehead atoms. The number of benzene rings is 1. The quantitative estimate of drug-likeness (QED) is 0.780. The van der Waals surface area contributed by atoms with Crippen LogP contribution in [0.2, 0.25) is 0 Å². The van der Waals surface area contributed by atoms with E-state index in [1.807, 2.05) is 30.3 Å². The van der Waals surface area contributed by atoms with Crippen molar-refractivity contribution in [2.75, 3.05) is 19.6 Å². The Morgan fingerprint density at radius 1 is 1.32 bits per heavy atom. The lowest BCUT2D eigenvalue weighted by Gasteiger charge is -2.30. The molecule has 1 aliphatic rings. The standard InChI is InChI=1S/C14H16N2O3/c17-13(7-6-11-4-2-1-3-5-11)16-9-8-15-12(10-16)14(18)19/h1-7,12,15H,8-10H2,(H,18,19). The van der Waals surface area contributed by atoms with Crippen molar-refractivity contribution in [3.63, 3.8) is 0 Å². The van der Waals surface area contributed by atoms with Crippen LogP contribution in [0.25, 0.3) is 6.08 Å². The molecular formula is C14H16N2O3. The van der Waals surface area contributed by atoms with Crippen LogP contribution in [0.5, 0.6) is 0 Å². The summed E-state index contributed by atoms with van der Waals surface area (Å²) < 4.78 is 0. The molecular weight excluding hydrogens is 244 g/mol. The van der Waals surface area contributed by atoms with Crippen molar-refractivity contribution in [2.45, 2.75) is 6.04 Å². The van der Waals surface area contributed by atoms with Gasteiger partial charge in [0, 0.05) is 25.7 Å². The first-order chi connectivity index (χ1) is 9.16. The van der Waals surface area contributed by atoms with Gasteiger partial charge in [0.25, 0.3) is 0 Å². The van der Waals surface area contributed by atoms with Crippen LogP contribution in [-0.2, 0) is 9.59 Å². The number of hydrogen-bond acceptors (Lipinski definition) is 3. The Kier molecular flexibility index (Phi) is 4.30. The number of carboxylic acids is 1.